The van der Waals surface area contributed by atoms with Crippen molar-refractivity contribution in [1.29, 1.82) is 0 Å². The number of amides is 1. The van der Waals surface area contributed by atoms with Crippen molar-refractivity contribution in [2.45, 2.75) is 34.2 Å². The van der Waals surface area contributed by atoms with Crippen molar-refractivity contribution in [2.75, 3.05) is 26.2 Å². The highest BCUT2D eigenvalue weighted by molar-refractivity contribution is 5.91. The lowest BCUT2D eigenvalue weighted by Gasteiger charge is -2.35. The number of carbonyl (C=O) groups is 2. The molecule has 7 nitrogen and oxygen atoms in total. The molecule has 2 heterocycles. The Hall–Kier alpha value is -1.89. The van der Waals surface area contributed by atoms with E-state index in [1.165, 1.54) is 0 Å². The van der Waals surface area contributed by atoms with Crippen molar-refractivity contribution in [3.63, 3.8) is 0 Å². The average Bonchev–Trinajstić information content (AvgIpc) is 2.99. The van der Waals surface area contributed by atoms with Crippen LogP contribution >= 0.6 is 0 Å². The number of rotatable bonds is 4. The fourth-order valence-corrected chi connectivity index (χ4v) is 3.83. The van der Waals surface area contributed by atoms with Crippen LogP contribution in [0.1, 0.15) is 30.9 Å². The molecular weight excluding hydrogens is 310 g/mol. The Bertz CT molecular complexity index is 639. The molecule has 0 unspecified atom stereocenters. The summed E-state index contributed by atoms with van der Waals surface area (Å²) in [5.74, 6) is -0.968. The minimum atomic E-state index is -0.865. The highest BCUT2D eigenvalue weighted by atomic mass is 16.5. The van der Waals surface area contributed by atoms with E-state index >= 15 is 0 Å². The number of piperazine rings is 1. The monoisotopic (exact) mass is 335 g/mol. The molecule has 1 saturated heterocycles. The lowest BCUT2D eigenvalue weighted by molar-refractivity contribution is -0.142. The third kappa shape index (κ3) is 2.81. The molecule has 1 saturated carbocycles. The number of aliphatic carboxylic acids is 1. The Balaban J connectivity index is 1.56. The molecule has 2 fully saturated rings. The van der Waals surface area contributed by atoms with Gasteiger partial charge in [-0.25, -0.2) is 0 Å². The first-order valence-electron chi connectivity index (χ1n) is 8.39. The molecule has 1 aliphatic heterocycles. The van der Waals surface area contributed by atoms with Gasteiger partial charge in [-0.2, -0.15) is 0 Å². The van der Waals surface area contributed by atoms with E-state index in [0.717, 1.165) is 36.7 Å². The zero-order valence-corrected chi connectivity index (χ0v) is 14.7. The summed E-state index contributed by atoms with van der Waals surface area (Å²) in [6.45, 7) is 11.2. The molecule has 0 aromatic carbocycles. The number of hydrogen-bond acceptors (Lipinski definition) is 5. The molecule has 0 radical (unpaired) electrons. The molecule has 7 heteroatoms. The van der Waals surface area contributed by atoms with Gasteiger partial charge in [0.05, 0.1) is 17.5 Å². The molecule has 132 valence electrons. The maximum Gasteiger partial charge on any atom is 0.307 e. The maximum absolute atomic E-state index is 12.6. The summed E-state index contributed by atoms with van der Waals surface area (Å²) in [6, 6.07) is 0. The molecule has 1 aromatic heterocycles. The zero-order valence-electron chi connectivity index (χ0n) is 14.7. The lowest BCUT2D eigenvalue weighted by atomic mass is 10.1. The van der Waals surface area contributed by atoms with Gasteiger partial charge < -0.3 is 14.5 Å². The van der Waals surface area contributed by atoms with Gasteiger partial charge in [-0.05, 0) is 19.3 Å². The summed E-state index contributed by atoms with van der Waals surface area (Å²) < 4.78 is 5.20. The first kappa shape index (κ1) is 17.0. The highest BCUT2D eigenvalue weighted by Crippen LogP contribution is 2.59. The molecule has 1 aromatic rings. The maximum atomic E-state index is 12.6. The van der Waals surface area contributed by atoms with Gasteiger partial charge in [-0.3, -0.25) is 14.5 Å². The Morgan fingerprint density at radius 2 is 1.83 bits per heavy atom. The van der Waals surface area contributed by atoms with E-state index in [-0.39, 0.29) is 11.8 Å². The van der Waals surface area contributed by atoms with Crippen LogP contribution in [0.3, 0.4) is 0 Å². The quantitative estimate of drug-likeness (QED) is 0.892. The molecule has 0 bridgehead atoms. The standard InChI is InChI=1S/C17H25N3O4/c1-10-12(11(2)24-18-10)9-19-5-7-20(8-6-19)15(21)13-14(16(22)23)17(13,3)4/h13-14H,5-9H2,1-4H3,(H,22,23)/t13-,14+/m0/s1. The number of carboxylic acids is 1. The van der Waals surface area contributed by atoms with E-state index in [0.29, 0.717) is 13.1 Å². The minimum absolute atomic E-state index is 0.00983. The topological polar surface area (TPSA) is 86.9 Å². The zero-order chi connectivity index (χ0) is 17.6. The normalized spacial score (nSPS) is 26.4. The average molecular weight is 335 g/mol. The van der Waals surface area contributed by atoms with Crippen LogP contribution in [0.5, 0.6) is 0 Å². The first-order valence-corrected chi connectivity index (χ1v) is 8.39. The molecular formula is C17H25N3O4. The van der Waals surface area contributed by atoms with Crippen molar-refractivity contribution < 1.29 is 19.2 Å². The molecule has 24 heavy (non-hydrogen) atoms. The lowest BCUT2D eigenvalue weighted by Crippen LogP contribution is -2.49. The third-order valence-electron chi connectivity index (χ3n) is 5.61. The largest absolute Gasteiger partial charge is 0.481 e. The van der Waals surface area contributed by atoms with Gasteiger partial charge in [0.25, 0.3) is 0 Å². The first-order chi connectivity index (χ1) is 11.2. The van der Waals surface area contributed by atoms with Gasteiger partial charge in [-0.15, -0.1) is 0 Å². The fraction of sp³-hybridized carbons (Fsp3) is 0.706. The Kier molecular flexibility index (Phi) is 4.15. The van der Waals surface area contributed by atoms with E-state index in [1.807, 2.05) is 32.6 Å². The van der Waals surface area contributed by atoms with Gasteiger partial charge in [0.2, 0.25) is 5.91 Å². The van der Waals surface area contributed by atoms with E-state index in [9.17, 15) is 14.7 Å². The second-order valence-corrected chi connectivity index (χ2v) is 7.52. The van der Waals surface area contributed by atoms with Crippen molar-refractivity contribution in [2.24, 2.45) is 17.3 Å². The Labute approximate surface area is 141 Å². The molecule has 1 amide bonds. The Morgan fingerprint density at radius 1 is 1.21 bits per heavy atom. The van der Waals surface area contributed by atoms with Gasteiger partial charge in [0.15, 0.2) is 0 Å². The molecule has 2 atom stereocenters. The van der Waals surface area contributed by atoms with Crippen LogP contribution in [0.2, 0.25) is 0 Å². The van der Waals surface area contributed by atoms with E-state index < -0.39 is 17.3 Å². The molecule has 0 spiro atoms. The van der Waals surface area contributed by atoms with Crippen LogP contribution in [-0.4, -0.2) is 58.1 Å². The number of carbonyl (C=O) groups excluding carboxylic acids is 1. The predicted octanol–water partition coefficient (Wildman–Crippen LogP) is 1.29. The van der Waals surface area contributed by atoms with Crippen LogP contribution in [0.25, 0.3) is 0 Å². The van der Waals surface area contributed by atoms with Crippen molar-refractivity contribution in [3.05, 3.63) is 17.0 Å². The van der Waals surface area contributed by atoms with E-state index in [2.05, 4.69) is 10.1 Å². The summed E-state index contributed by atoms with van der Waals surface area (Å²) in [4.78, 5) is 28.0. The van der Waals surface area contributed by atoms with Crippen molar-refractivity contribution >= 4 is 11.9 Å². The van der Waals surface area contributed by atoms with Crippen LogP contribution in [0.15, 0.2) is 4.52 Å². The van der Waals surface area contributed by atoms with Crippen LogP contribution in [-0.2, 0) is 16.1 Å². The van der Waals surface area contributed by atoms with Gasteiger partial charge in [0.1, 0.15) is 5.76 Å². The predicted molar refractivity (Wildman–Crippen MR) is 86.2 cm³/mol. The SMILES string of the molecule is Cc1noc(C)c1CN1CCN(C(=O)[C@@H]2[C@H](C(=O)O)C2(C)C)CC1. The summed E-state index contributed by atoms with van der Waals surface area (Å²) in [5, 5.41) is 13.2. The summed E-state index contributed by atoms with van der Waals surface area (Å²) in [6.07, 6.45) is 0. The number of nitrogens with zero attached hydrogens (tertiary/aromatic N) is 3. The summed E-state index contributed by atoms with van der Waals surface area (Å²) in [7, 11) is 0. The van der Waals surface area contributed by atoms with Crippen molar-refractivity contribution in [3.8, 4) is 0 Å². The molecule has 3 rings (SSSR count). The number of aromatic nitrogens is 1. The molecule has 1 aliphatic carbocycles. The van der Waals surface area contributed by atoms with Gasteiger partial charge >= 0.3 is 5.97 Å². The summed E-state index contributed by atoms with van der Waals surface area (Å²) >= 11 is 0. The number of aryl methyl sites for hydroxylation is 2. The van der Waals surface area contributed by atoms with E-state index in [4.69, 9.17) is 4.52 Å². The van der Waals surface area contributed by atoms with Gasteiger partial charge in [0, 0.05) is 38.3 Å². The number of carboxylic acid groups (broad SMARTS) is 1. The van der Waals surface area contributed by atoms with Crippen LogP contribution in [0.4, 0.5) is 0 Å². The minimum Gasteiger partial charge on any atom is -0.481 e. The Morgan fingerprint density at radius 3 is 2.29 bits per heavy atom. The van der Waals surface area contributed by atoms with E-state index in [1.54, 1.807) is 0 Å². The molecule has 2 aliphatic rings. The second kappa shape index (κ2) is 5.88. The highest BCUT2D eigenvalue weighted by Gasteiger charge is 2.66. The van der Waals surface area contributed by atoms with Crippen molar-refractivity contribution in [1.82, 2.24) is 15.0 Å². The summed E-state index contributed by atoms with van der Waals surface area (Å²) in [5.41, 5.74) is 1.59. The van der Waals surface area contributed by atoms with Crippen LogP contribution in [0, 0.1) is 31.1 Å². The van der Waals surface area contributed by atoms with Gasteiger partial charge in [-0.1, -0.05) is 19.0 Å². The number of hydrogen-bond donors (Lipinski definition) is 1. The third-order valence-corrected chi connectivity index (χ3v) is 5.61. The second-order valence-electron chi connectivity index (χ2n) is 7.52. The molecule has 1 N–H and O–H groups in total. The van der Waals surface area contributed by atoms with Crippen LogP contribution < -0.4 is 0 Å². The fourth-order valence-electron chi connectivity index (χ4n) is 3.83. The smallest absolute Gasteiger partial charge is 0.307 e.